The van der Waals surface area contributed by atoms with Crippen LogP contribution < -0.4 is 5.62 Å². The summed E-state index contributed by atoms with van der Waals surface area (Å²) < 4.78 is 9.00. The molecule has 0 spiro atoms. The molecule has 4 aromatic rings. The summed E-state index contributed by atoms with van der Waals surface area (Å²) in [6.07, 6.45) is 0. The molecule has 0 aliphatic rings. The van der Waals surface area contributed by atoms with E-state index in [1.807, 2.05) is 54.1 Å². The van der Waals surface area contributed by atoms with E-state index in [9.17, 15) is 0 Å². The average molecular weight is 313 g/mol. The van der Waals surface area contributed by atoms with Gasteiger partial charge in [0.2, 0.25) is 5.62 Å². The van der Waals surface area contributed by atoms with Crippen LogP contribution in [-0.2, 0) is 13.6 Å². The highest BCUT2D eigenvalue weighted by atomic mass is 35.5. The Bertz CT molecular complexity index is 1060. The van der Waals surface area contributed by atoms with Gasteiger partial charge in [-0.05, 0) is 24.3 Å². The van der Waals surface area contributed by atoms with Crippen LogP contribution in [0.2, 0.25) is 5.02 Å². The normalized spacial score (nSPS) is 11.5. The van der Waals surface area contributed by atoms with Crippen molar-refractivity contribution in [1.82, 2.24) is 14.3 Å². The Balaban J connectivity index is 1.94. The SMILES string of the molecule is Cn1c(=N)n(Cc2noc3ccccc23)c2cccc(Cl)c21. The second-order valence-electron chi connectivity index (χ2n) is 5.20. The van der Waals surface area contributed by atoms with Gasteiger partial charge in [-0.1, -0.05) is 35.0 Å². The molecule has 0 radical (unpaired) electrons. The first-order valence-corrected chi connectivity index (χ1v) is 7.26. The fourth-order valence-electron chi connectivity index (χ4n) is 2.82. The first kappa shape index (κ1) is 13.2. The van der Waals surface area contributed by atoms with E-state index >= 15 is 0 Å². The molecule has 0 fully saturated rings. The molecule has 110 valence electrons. The lowest BCUT2D eigenvalue weighted by Crippen LogP contribution is -2.23. The van der Waals surface area contributed by atoms with Crippen molar-refractivity contribution in [3.63, 3.8) is 0 Å². The van der Waals surface area contributed by atoms with E-state index in [-0.39, 0.29) is 0 Å². The minimum atomic E-state index is 0.371. The van der Waals surface area contributed by atoms with Crippen molar-refractivity contribution < 1.29 is 4.52 Å². The zero-order chi connectivity index (χ0) is 15.3. The minimum absolute atomic E-state index is 0.371. The van der Waals surface area contributed by atoms with Crippen molar-refractivity contribution in [2.45, 2.75) is 6.54 Å². The lowest BCUT2D eigenvalue weighted by atomic mass is 10.2. The number of rotatable bonds is 2. The maximum absolute atomic E-state index is 8.34. The molecule has 6 heteroatoms. The number of halogens is 1. The predicted molar refractivity (Wildman–Crippen MR) is 84.9 cm³/mol. The maximum atomic E-state index is 8.34. The Morgan fingerprint density at radius 3 is 2.86 bits per heavy atom. The Kier molecular flexibility index (Phi) is 2.84. The summed E-state index contributed by atoms with van der Waals surface area (Å²) in [6.45, 7) is 0.466. The van der Waals surface area contributed by atoms with Crippen LogP contribution in [0.15, 0.2) is 47.0 Å². The molecule has 0 saturated heterocycles. The molecular formula is C16H13ClN4O. The van der Waals surface area contributed by atoms with E-state index in [0.717, 1.165) is 27.7 Å². The van der Waals surface area contributed by atoms with Gasteiger partial charge in [-0.25, -0.2) is 0 Å². The highest BCUT2D eigenvalue weighted by molar-refractivity contribution is 6.35. The predicted octanol–water partition coefficient (Wildman–Crippen LogP) is 3.30. The number of benzene rings is 2. The fraction of sp³-hybridized carbons (Fsp3) is 0.125. The first-order valence-electron chi connectivity index (χ1n) is 6.88. The second-order valence-corrected chi connectivity index (χ2v) is 5.61. The van der Waals surface area contributed by atoms with Crippen molar-refractivity contribution in [2.75, 3.05) is 0 Å². The molecule has 5 nitrogen and oxygen atoms in total. The van der Waals surface area contributed by atoms with Gasteiger partial charge < -0.3 is 13.7 Å². The maximum Gasteiger partial charge on any atom is 0.203 e. The van der Waals surface area contributed by atoms with Crippen LogP contribution in [0.3, 0.4) is 0 Å². The van der Waals surface area contributed by atoms with Gasteiger partial charge in [-0.15, -0.1) is 0 Å². The summed E-state index contributed by atoms with van der Waals surface area (Å²) >= 11 is 6.27. The Morgan fingerprint density at radius 2 is 2.00 bits per heavy atom. The van der Waals surface area contributed by atoms with Gasteiger partial charge in [-0.3, -0.25) is 5.41 Å². The third-order valence-electron chi connectivity index (χ3n) is 3.93. The van der Waals surface area contributed by atoms with Gasteiger partial charge in [0.25, 0.3) is 0 Å². The Hall–Kier alpha value is -2.53. The third-order valence-corrected chi connectivity index (χ3v) is 4.23. The van der Waals surface area contributed by atoms with Crippen molar-refractivity contribution in [3.05, 3.63) is 58.8 Å². The lowest BCUT2D eigenvalue weighted by Gasteiger charge is -2.02. The van der Waals surface area contributed by atoms with Gasteiger partial charge in [0, 0.05) is 12.4 Å². The molecule has 0 saturated carbocycles. The summed E-state index contributed by atoms with van der Waals surface area (Å²) in [5.74, 6) is 0. The third kappa shape index (κ3) is 1.79. The van der Waals surface area contributed by atoms with Gasteiger partial charge in [-0.2, -0.15) is 0 Å². The number of hydrogen-bond donors (Lipinski definition) is 1. The van der Waals surface area contributed by atoms with Crippen LogP contribution in [0.1, 0.15) is 5.69 Å². The largest absolute Gasteiger partial charge is 0.356 e. The molecular weight excluding hydrogens is 300 g/mol. The van der Waals surface area contributed by atoms with Crippen molar-refractivity contribution >= 4 is 33.6 Å². The molecule has 22 heavy (non-hydrogen) atoms. The highest BCUT2D eigenvalue weighted by Crippen LogP contribution is 2.24. The number of aryl methyl sites for hydroxylation is 1. The number of nitrogens with zero attached hydrogens (tertiary/aromatic N) is 3. The quantitative estimate of drug-likeness (QED) is 0.617. The number of nitrogens with one attached hydrogen (secondary N) is 1. The Labute approximate surface area is 130 Å². The number of para-hydroxylation sites is 2. The smallest absolute Gasteiger partial charge is 0.203 e. The van der Waals surface area contributed by atoms with Crippen LogP contribution >= 0.6 is 11.6 Å². The molecule has 2 aromatic heterocycles. The lowest BCUT2D eigenvalue weighted by molar-refractivity contribution is 0.442. The second kappa shape index (κ2) is 4.74. The van der Waals surface area contributed by atoms with Crippen LogP contribution in [0, 0.1) is 5.41 Å². The van der Waals surface area contributed by atoms with Crippen molar-refractivity contribution in [3.8, 4) is 0 Å². The first-order chi connectivity index (χ1) is 10.7. The Morgan fingerprint density at radius 1 is 1.18 bits per heavy atom. The molecule has 2 aromatic carbocycles. The number of aromatic nitrogens is 3. The van der Waals surface area contributed by atoms with E-state index in [0.29, 0.717) is 17.2 Å². The van der Waals surface area contributed by atoms with E-state index < -0.39 is 0 Å². The van der Waals surface area contributed by atoms with E-state index in [1.54, 1.807) is 4.57 Å². The topological polar surface area (TPSA) is 59.7 Å². The molecule has 0 aliphatic heterocycles. The van der Waals surface area contributed by atoms with E-state index in [2.05, 4.69) is 5.16 Å². The molecule has 1 N–H and O–H groups in total. The van der Waals surface area contributed by atoms with Gasteiger partial charge in [0.1, 0.15) is 5.69 Å². The standard InChI is InChI=1S/C16H13ClN4O/c1-20-15-11(17)6-4-7-13(15)21(16(20)18)9-12-10-5-2-3-8-14(10)22-19-12/h2-8,18H,9H2,1H3. The van der Waals surface area contributed by atoms with Gasteiger partial charge in [0.05, 0.1) is 22.6 Å². The highest BCUT2D eigenvalue weighted by Gasteiger charge is 2.14. The number of hydrogen-bond acceptors (Lipinski definition) is 3. The summed E-state index contributed by atoms with van der Waals surface area (Å²) in [7, 11) is 1.84. The summed E-state index contributed by atoms with van der Waals surface area (Å²) in [5, 5.41) is 14.1. The summed E-state index contributed by atoms with van der Waals surface area (Å²) in [6, 6.07) is 13.4. The van der Waals surface area contributed by atoms with Gasteiger partial charge in [0.15, 0.2) is 5.58 Å². The zero-order valence-corrected chi connectivity index (χ0v) is 12.6. The van der Waals surface area contributed by atoms with E-state index in [4.69, 9.17) is 21.5 Å². The summed E-state index contributed by atoms with van der Waals surface area (Å²) in [4.78, 5) is 0. The molecule has 0 atom stereocenters. The molecule has 0 bridgehead atoms. The summed E-state index contributed by atoms with van der Waals surface area (Å²) in [5.41, 5.74) is 3.69. The van der Waals surface area contributed by atoms with Crippen molar-refractivity contribution in [1.29, 1.82) is 5.41 Å². The molecule has 0 aliphatic carbocycles. The average Bonchev–Trinajstić information content (AvgIpc) is 3.04. The monoisotopic (exact) mass is 312 g/mol. The van der Waals surface area contributed by atoms with Crippen LogP contribution in [-0.4, -0.2) is 14.3 Å². The molecule has 2 heterocycles. The number of fused-ring (bicyclic) bond motifs is 2. The molecule has 4 rings (SSSR count). The molecule has 0 amide bonds. The number of imidazole rings is 1. The van der Waals surface area contributed by atoms with E-state index in [1.165, 1.54) is 0 Å². The minimum Gasteiger partial charge on any atom is -0.356 e. The zero-order valence-electron chi connectivity index (χ0n) is 11.9. The van der Waals surface area contributed by atoms with Crippen molar-refractivity contribution in [2.24, 2.45) is 7.05 Å². The van der Waals surface area contributed by atoms with Crippen LogP contribution in [0.5, 0.6) is 0 Å². The van der Waals surface area contributed by atoms with Crippen LogP contribution in [0.25, 0.3) is 22.0 Å². The molecule has 0 unspecified atom stereocenters. The van der Waals surface area contributed by atoms with Gasteiger partial charge >= 0.3 is 0 Å². The van der Waals surface area contributed by atoms with Crippen LogP contribution in [0.4, 0.5) is 0 Å². The fourth-order valence-corrected chi connectivity index (χ4v) is 3.11.